The summed E-state index contributed by atoms with van der Waals surface area (Å²) in [5, 5.41) is 6.51. The molecule has 4 rings (SSSR count). The summed E-state index contributed by atoms with van der Waals surface area (Å²) in [4.78, 5) is 15.3. The molecule has 0 saturated heterocycles. The van der Waals surface area contributed by atoms with E-state index in [0.29, 0.717) is 24.2 Å². The zero-order chi connectivity index (χ0) is 25.2. The van der Waals surface area contributed by atoms with Crippen LogP contribution in [0, 0.1) is 0 Å². The normalized spacial score (nSPS) is 14.5. The highest BCUT2D eigenvalue weighted by atomic mass is 19.4. The predicted molar refractivity (Wildman–Crippen MR) is 130 cm³/mol. The first-order valence-electron chi connectivity index (χ1n) is 11.1. The number of nitrogens with zero attached hydrogens (tertiary/aromatic N) is 2. The van der Waals surface area contributed by atoms with Gasteiger partial charge < -0.3 is 21.8 Å². The van der Waals surface area contributed by atoms with Crippen LogP contribution >= 0.6 is 0 Å². The number of amidine groups is 1. The van der Waals surface area contributed by atoms with Crippen molar-refractivity contribution in [2.75, 3.05) is 11.4 Å². The van der Waals surface area contributed by atoms with Gasteiger partial charge in [0.25, 0.3) is 5.91 Å². The van der Waals surface area contributed by atoms with Crippen LogP contribution in [0.5, 0.6) is 0 Å². The van der Waals surface area contributed by atoms with Crippen LogP contribution in [0.3, 0.4) is 0 Å². The number of benzene rings is 3. The van der Waals surface area contributed by atoms with Gasteiger partial charge in [0.2, 0.25) is 0 Å². The van der Waals surface area contributed by atoms with Crippen LogP contribution in [-0.4, -0.2) is 18.3 Å². The second kappa shape index (κ2) is 9.69. The first-order valence-corrected chi connectivity index (χ1v) is 11.1. The maximum Gasteiger partial charge on any atom is 0.416 e. The minimum Gasteiger partial charge on any atom is -0.382 e. The highest BCUT2D eigenvalue weighted by Gasteiger charge is 2.30. The molecular weight excluding hydrogens is 455 g/mol. The SMILES string of the molecule is C[C@H](NC(=O)c1cccc2c1N(Cc1ccc(C(F)(F)F)cc1)CC2)c1ccc(C(N)=NN)cc1. The third kappa shape index (κ3) is 5.24. The Morgan fingerprint density at radius 3 is 2.40 bits per heavy atom. The monoisotopic (exact) mass is 481 g/mol. The molecule has 0 fully saturated rings. The van der Waals surface area contributed by atoms with Crippen LogP contribution in [0.1, 0.15) is 51.1 Å². The number of carbonyl (C=O) groups excluding carboxylic acids is 1. The van der Waals surface area contributed by atoms with Gasteiger partial charge in [-0.1, -0.05) is 48.5 Å². The molecule has 1 atom stereocenters. The van der Waals surface area contributed by atoms with Crippen molar-refractivity contribution < 1.29 is 18.0 Å². The molecule has 1 aliphatic rings. The number of carbonyl (C=O) groups is 1. The van der Waals surface area contributed by atoms with Crippen LogP contribution in [0.25, 0.3) is 0 Å². The van der Waals surface area contributed by atoms with Crippen molar-refractivity contribution in [3.05, 3.63) is 100 Å². The van der Waals surface area contributed by atoms with Gasteiger partial charge in [-0.05, 0) is 48.2 Å². The molecule has 0 unspecified atom stereocenters. The number of hydrazone groups is 1. The lowest BCUT2D eigenvalue weighted by Crippen LogP contribution is -2.29. The lowest BCUT2D eigenvalue weighted by atomic mass is 10.0. The number of hydrogen-bond donors (Lipinski definition) is 3. The molecule has 1 aliphatic heterocycles. The fourth-order valence-corrected chi connectivity index (χ4v) is 4.27. The van der Waals surface area contributed by atoms with E-state index >= 15 is 0 Å². The number of nitrogens with two attached hydrogens (primary N) is 2. The third-order valence-electron chi connectivity index (χ3n) is 6.18. The van der Waals surface area contributed by atoms with Crippen molar-refractivity contribution in [3.63, 3.8) is 0 Å². The molecule has 1 heterocycles. The summed E-state index contributed by atoms with van der Waals surface area (Å²) in [7, 11) is 0. The van der Waals surface area contributed by atoms with Gasteiger partial charge in [0.05, 0.1) is 22.9 Å². The Balaban J connectivity index is 1.51. The average molecular weight is 482 g/mol. The summed E-state index contributed by atoms with van der Waals surface area (Å²) in [6.07, 6.45) is -3.61. The van der Waals surface area contributed by atoms with E-state index in [2.05, 4.69) is 10.4 Å². The molecule has 1 amide bonds. The number of hydrogen-bond acceptors (Lipinski definition) is 4. The molecule has 6 nitrogen and oxygen atoms in total. The van der Waals surface area contributed by atoms with Gasteiger partial charge in [0.1, 0.15) is 5.84 Å². The van der Waals surface area contributed by atoms with E-state index < -0.39 is 11.7 Å². The number of alkyl halides is 3. The molecule has 5 N–H and O–H groups in total. The van der Waals surface area contributed by atoms with Gasteiger partial charge in [-0.2, -0.15) is 18.3 Å². The molecule has 3 aromatic carbocycles. The van der Waals surface area contributed by atoms with E-state index in [1.165, 1.54) is 12.1 Å². The molecule has 0 aromatic heterocycles. The van der Waals surface area contributed by atoms with Gasteiger partial charge in [-0.3, -0.25) is 4.79 Å². The number of halogens is 3. The smallest absolute Gasteiger partial charge is 0.382 e. The number of fused-ring (bicyclic) bond motifs is 1. The van der Waals surface area contributed by atoms with Crippen molar-refractivity contribution in [3.8, 4) is 0 Å². The quantitative estimate of drug-likeness (QED) is 0.211. The van der Waals surface area contributed by atoms with Crippen LogP contribution in [-0.2, 0) is 19.1 Å². The summed E-state index contributed by atoms with van der Waals surface area (Å²) in [6.45, 7) is 2.98. The number of rotatable bonds is 6. The molecule has 0 aliphatic carbocycles. The Morgan fingerprint density at radius 1 is 1.09 bits per heavy atom. The molecule has 0 bridgehead atoms. The summed E-state index contributed by atoms with van der Waals surface area (Å²) in [6, 6.07) is 17.8. The van der Waals surface area contributed by atoms with Gasteiger partial charge in [0, 0.05) is 18.7 Å². The fraction of sp³-hybridized carbons (Fsp3) is 0.231. The van der Waals surface area contributed by atoms with E-state index in [9.17, 15) is 18.0 Å². The molecular formula is C26H26F3N5O. The lowest BCUT2D eigenvalue weighted by molar-refractivity contribution is -0.137. The topological polar surface area (TPSA) is 96.7 Å². The van der Waals surface area contributed by atoms with Gasteiger partial charge >= 0.3 is 6.18 Å². The van der Waals surface area contributed by atoms with Crippen LogP contribution in [0.2, 0.25) is 0 Å². The van der Waals surface area contributed by atoms with E-state index in [1.54, 1.807) is 18.2 Å². The minimum absolute atomic E-state index is 0.221. The maximum atomic E-state index is 13.2. The molecule has 0 spiro atoms. The third-order valence-corrected chi connectivity index (χ3v) is 6.18. The summed E-state index contributed by atoms with van der Waals surface area (Å²) in [5.74, 6) is 5.22. The fourth-order valence-electron chi connectivity index (χ4n) is 4.27. The van der Waals surface area contributed by atoms with Crippen LogP contribution < -0.4 is 21.8 Å². The summed E-state index contributed by atoms with van der Waals surface area (Å²) < 4.78 is 38.7. The Kier molecular flexibility index (Phi) is 6.68. The molecule has 35 heavy (non-hydrogen) atoms. The van der Waals surface area contributed by atoms with Gasteiger partial charge in [0.15, 0.2) is 0 Å². The van der Waals surface area contributed by atoms with Crippen molar-refractivity contribution in [2.45, 2.75) is 32.1 Å². The summed E-state index contributed by atoms with van der Waals surface area (Å²) >= 11 is 0. The highest BCUT2D eigenvalue weighted by Crippen LogP contribution is 2.34. The molecule has 3 aromatic rings. The van der Waals surface area contributed by atoms with Crippen molar-refractivity contribution in [1.82, 2.24) is 5.32 Å². The minimum atomic E-state index is -4.37. The summed E-state index contributed by atoms with van der Waals surface area (Å²) in [5.41, 5.74) is 9.77. The first kappa shape index (κ1) is 24.1. The zero-order valence-corrected chi connectivity index (χ0v) is 19.1. The molecule has 182 valence electrons. The standard InChI is InChI=1S/C26H26F3N5O/c1-16(18-7-9-20(10-8-18)24(30)33-31)32-25(35)22-4-2-3-19-13-14-34(23(19)22)15-17-5-11-21(12-6-17)26(27,28)29/h2-12,16H,13-15,31H2,1H3,(H2,30,33)(H,32,35)/t16-/m0/s1. The van der Waals surface area contributed by atoms with Crippen LogP contribution in [0.15, 0.2) is 71.8 Å². The van der Waals surface area contributed by atoms with E-state index in [4.69, 9.17) is 11.6 Å². The van der Waals surface area contributed by atoms with Gasteiger partial charge in [-0.15, -0.1) is 0 Å². The Labute approximate surface area is 201 Å². The van der Waals surface area contributed by atoms with E-state index in [0.717, 1.165) is 40.9 Å². The van der Waals surface area contributed by atoms with Crippen molar-refractivity contribution >= 4 is 17.4 Å². The maximum absolute atomic E-state index is 13.2. The Morgan fingerprint density at radius 2 is 1.77 bits per heavy atom. The largest absolute Gasteiger partial charge is 0.416 e. The predicted octanol–water partition coefficient (Wildman–Crippen LogP) is 4.34. The lowest BCUT2D eigenvalue weighted by Gasteiger charge is -2.23. The van der Waals surface area contributed by atoms with Crippen LogP contribution in [0.4, 0.5) is 18.9 Å². The number of nitrogens with one attached hydrogen (secondary N) is 1. The second-order valence-corrected chi connectivity index (χ2v) is 8.51. The first-order chi connectivity index (χ1) is 16.7. The van der Waals surface area contributed by atoms with E-state index in [1.807, 2.05) is 36.1 Å². The number of amides is 1. The molecule has 0 saturated carbocycles. The highest BCUT2D eigenvalue weighted by molar-refractivity contribution is 6.01. The number of anilines is 1. The molecule has 0 radical (unpaired) electrons. The van der Waals surface area contributed by atoms with Gasteiger partial charge in [-0.25, -0.2) is 0 Å². The zero-order valence-electron chi connectivity index (χ0n) is 19.1. The second-order valence-electron chi connectivity index (χ2n) is 8.51. The average Bonchev–Trinajstić information content (AvgIpc) is 3.26. The number of para-hydroxylation sites is 1. The Bertz CT molecular complexity index is 1240. The Hall–Kier alpha value is -4.01. The van der Waals surface area contributed by atoms with Crippen molar-refractivity contribution in [2.24, 2.45) is 16.7 Å². The van der Waals surface area contributed by atoms with E-state index in [-0.39, 0.29) is 17.8 Å². The van der Waals surface area contributed by atoms with Crippen molar-refractivity contribution in [1.29, 1.82) is 0 Å². The molecule has 9 heteroatoms.